The summed E-state index contributed by atoms with van der Waals surface area (Å²) < 4.78 is 22.8. The number of nitrogens with zero attached hydrogens (tertiary/aromatic N) is 4. The van der Waals surface area contributed by atoms with Gasteiger partial charge in [-0.2, -0.15) is 10.1 Å². The second kappa shape index (κ2) is 6.44. The minimum Gasteiger partial charge on any atom is -0.480 e. The first-order valence-corrected chi connectivity index (χ1v) is 7.53. The second-order valence-electron chi connectivity index (χ2n) is 5.63. The first-order valence-electron chi connectivity index (χ1n) is 7.53. The average Bonchev–Trinajstić information content (AvgIpc) is 3.34. The van der Waals surface area contributed by atoms with E-state index in [0.29, 0.717) is 35.4 Å². The van der Waals surface area contributed by atoms with Crippen molar-refractivity contribution in [1.29, 1.82) is 0 Å². The molecule has 1 saturated carbocycles. The van der Waals surface area contributed by atoms with E-state index < -0.39 is 0 Å². The minimum absolute atomic E-state index is 0.232. The summed E-state index contributed by atoms with van der Waals surface area (Å²) in [4.78, 5) is 8.28. The number of ether oxygens (including phenoxy) is 2. The van der Waals surface area contributed by atoms with E-state index in [-0.39, 0.29) is 12.7 Å². The summed E-state index contributed by atoms with van der Waals surface area (Å²) >= 11 is 0. The van der Waals surface area contributed by atoms with Gasteiger partial charge in [0.05, 0.1) is 32.2 Å². The van der Waals surface area contributed by atoms with Crippen molar-refractivity contribution in [1.82, 2.24) is 20.2 Å². The minimum atomic E-state index is -0.272. The number of aromatic nitrogens is 4. The summed E-state index contributed by atoms with van der Waals surface area (Å²) in [5, 5.41) is 8.47. The fourth-order valence-electron chi connectivity index (χ4n) is 2.84. The van der Waals surface area contributed by atoms with Crippen molar-refractivity contribution in [3.63, 3.8) is 0 Å². The van der Waals surface area contributed by atoms with Gasteiger partial charge in [0, 0.05) is 6.20 Å². The molecule has 0 spiro atoms. The van der Waals surface area contributed by atoms with Gasteiger partial charge in [-0.05, 0) is 43.2 Å². The molecule has 0 bridgehead atoms. The van der Waals surface area contributed by atoms with Crippen LogP contribution in [0.3, 0.4) is 0 Å². The van der Waals surface area contributed by atoms with E-state index in [2.05, 4.69) is 20.2 Å². The predicted octanol–water partition coefficient (Wildman–Crippen LogP) is 2.72. The van der Waals surface area contributed by atoms with E-state index in [1.54, 1.807) is 6.20 Å². The normalized spacial score (nSPS) is 19.5. The van der Waals surface area contributed by atoms with E-state index >= 15 is 0 Å². The summed E-state index contributed by atoms with van der Waals surface area (Å²) in [7, 11) is 3.03. The van der Waals surface area contributed by atoms with Gasteiger partial charge in [0.25, 0.3) is 0 Å². The van der Waals surface area contributed by atoms with Crippen molar-refractivity contribution in [2.45, 2.75) is 25.7 Å². The molecule has 0 aromatic carbocycles. The molecular weight excluding hydrogens is 299 g/mol. The summed E-state index contributed by atoms with van der Waals surface area (Å²) in [5.74, 6) is 1.16. The number of halogens is 1. The lowest BCUT2D eigenvalue weighted by molar-refractivity contribution is 0.353. The van der Waals surface area contributed by atoms with Crippen LogP contribution < -0.4 is 9.47 Å². The maximum atomic E-state index is 12.5. The van der Waals surface area contributed by atoms with Crippen LogP contribution in [0.2, 0.25) is 0 Å². The van der Waals surface area contributed by atoms with Gasteiger partial charge in [-0.1, -0.05) is 0 Å². The van der Waals surface area contributed by atoms with Gasteiger partial charge in [-0.15, -0.1) is 5.10 Å². The quantitative estimate of drug-likeness (QED) is 0.815. The van der Waals surface area contributed by atoms with Gasteiger partial charge in [0.2, 0.25) is 5.88 Å². The van der Waals surface area contributed by atoms with Gasteiger partial charge in [0.1, 0.15) is 5.69 Å². The van der Waals surface area contributed by atoms with Crippen LogP contribution >= 0.6 is 0 Å². The SMILES string of the molecule is COc1ncc(-c2cc(C3CC3CCF)c(C)nn2)c(OC)n1. The van der Waals surface area contributed by atoms with Crippen LogP contribution in [0.25, 0.3) is 11.3 Å². The lowest BCUT2D eigenvalue weighted by Crippen LogP contribution is -2.01. The largest absolute Gasteiger partial charge is 0.480 e. The summed E-state index contributed by atoms with van der Waals surface area (Å²) in [5.41, 5.74) is 3.31. The molecule has 2 heterocycles. The number of alkyl halides is 1. The Morgan fingerprint density at radius 3 is 2.78 bits per heavy atom. The van der Waals surface area contributed by atoms with Crippen molar-refractivity contribution in [2.75, 3.05) is 20.9 Å². The molecule has 7 heteroatoms. The molecule has 0 aliphatic heterocycles. The lowest BCUT2D eigenvalue weighted by atomic mass is 10.0. The molecule has 1 fully saturated rings. The maximum Gasteiger partial charge on any atom is 0.319 e. The molecule has 0 saturated heterocycles. The van der Waals surface area contributed by atoms with Crippen LogP contribution in [0.15, 0.2) is 12.3 Å². The van der Waals surface area contributed by atoms with E-state index in [0.717, 1.165) is 17.7 Å². The molecule has 2 aromatic heterocycles. The zero-order valence-corrected chi connectivity index (χ0v) is 13.4. The maximum absolute atomic E-state index is 12.5. The Kier molecular flexibility index (Phi) is 4.36. The summed E-state index contributed by atoms with van der Waals surface area (Å²) in [6.07, 6.45) is 3.22. The predicted molar refractivity (Wildman–Crippen MR) is 82.3 cm³/mol. The van der Waals surface area contributed by atoms with Crippen molar-refractivity contribution in [3.8, 4) is 23.1 Å². The molecule has 0 N–H and O–H groups in total. The van der Waals surface area contributed by atoms with E-state index in [1.807, 2.05) is 13.0 Å². The van der Waals surface area contributed by atoms with Gasteiger partial charge >= 0.3 is 6.01 Å². The number of methoxy groups -OCH3 is 2. The Hall–Kier alpha value is -2.31. The Balaban J connectivity index is 1.95. The molecule has 6 nitrogen and oxygen atoms in total. The Morgan fingerprint density at radius 1 is 1.26 bits per heavy atom. The van der Waals surface area contributed by atoms with Crippen LogP contribution in [0.5, 0.6) is 11.9 Å². The first-order chi connectivity index (χ1) is 11.2. The number of rotatable bonds is 6. The highest BCUT2D eigenvalue weighted by atomic mass is 19.1. The fourth-order valence-corrected chi connectivity index (χ4v) is 2.84. The van der Waals surface area contributed by atoms with Crippen molar-refractivity contribution in [3.05, 3.63) is 23.5 Å². The van der Waals surface area contributed by atoms with Crippen molar-refractivity contribution < 1.29 is 13.9 Å². The summed E-state index contributed by atoms with van der Waals surface area (Å²) in [6.45, 7) is 1.66. The second-order valence-corrected chi connectivity index (χ2v) is 5.63. The Bertz CT molecular complexity index is 710. The van der Waals surface area contributed by atoms with Crippen molar-refractivity contribution >= 4 is 0 Å². The third-order valence-electron chi connectivity index (χ3n) is 4.20. The zero-order chi connectivity index (χ0) is 16.4. The lowest BCUT2D eigenvalue weighted by Gasteiger charge is -2.10. The average molecular weight is 318 g/mol. The van der Waals surface area contributed by atoms with Crippen LogP contribution in [-0.2, 0) is 0 Å². The monoisotopic (exact) mass is 318 g/mol. The van der Waals surface area contributed by atoms with Gasteiger partial charge in [-0.25, -0.2) is 4.98 Å². The molecule has 0 radical (unpaired) electrons. The first kappa shape index (κ1) is 15.6. The van der Waals surface area contributed by atoms with E-state index in [9.17, 15) is 4.39 Å². The smallest absolute Gasteiger partial charge is 0.319 e. The standard InChI is InChI=1S/C16H19FN4O2/c1-9-11(12-6-10(12)4-5-17)7-14(21-20-9)13-8-18-16(23-3)19-15(13)22-2/h7-8,10,12H,4-6H2,1-3H3. The highest BCUT2D eigenvalue weighted by molar-refractivity contribution is 5.64. The van der Waals surface area contributed by atoms with E-state index in [1.165, 1.54) is 14.2 Å². The molecule has 23 heavy (non-hydrogen) atoms. The molecular formula is C16H19FN4O2. The highest BCUT2D eigenvalue weighted by Gasteiger charge is 2.39. The molecule has 3 rings (SSSR count). The molecule has 2 unspecified atom stereocenters. The van der Waals surface area contributed by atoms with E-state index in [4.69, 9.17) is 9.47 Å². The molecule has 1 aliphatic rings. The topological polar surface area (TPSA) is 70.0 Å². The van der Waals surface area contributed by atoms with Crippen LogP contribution in [-0.4, -0.2) is 41.1 Å². The van der Waals surface area contributed by atoms with Gasteiger partial charge in [-0.3, -0.25) is 4.39 Å². The fraction of sp³-hybridized carbons (Fsp3) is 0.500. The Morgan fingerprint density at radius 2 is 2.09 bits per heavy atom. The van der Waals surface area contributed by atoms with Gasteiger partial charge in [0.15, 0.2) is 0 Å². The third-order valence-corrected chi connectivity index (χ3v) is 4.20. The number of hydrogen-bond acceptors (Lipinski definition) is 6. The van der Waals surface area contributed by atoms with Crippen LogP contribution in [0, 0.1) is 12.8 Å². The number of aryl methyl sites for hydroxylation is 1. The van der Waals surface area contributed by atoms with Crippen LogP contribution in [0.1, 0.15) is 30.0 Å². The third kappa shape index (κ3) is 3.09. The molecule has 2 aromatic rings. The zero-order valence-electron chi connectivity index (χ0n) is 13.4. The Labute approximate surface area is 134 Å². The molecule has 0 amide bonds. The van der Waals surface area contributed by atoms with Crippen LogP contribution in [0.4, 0.5) is 4.39 Å². The summed E-state index contributed by atoms with van der Waals surface area (Å²) in [6, 6.07) is 2.22. The highest BCUT2D eigenvalue weighted by Crippen LogP contribution is 2.50. The molecule has 122 valence electrons. The molecule has 1 aliphatic carbocycles. The van der Waals surface area contributed by atoms with Gasteiger partial charge < -0.3 is 9.47 Å². The number of hydrogen-bond donors (Lipinski definition) is 0. The molecule has 2 atom stereocenters. The van der Waals surface area contributed by atoms with Crippen molar-refractivity contribution in [2.24, 2.45) is 5.92 Å².